The van der Waals surface area contributed by atoms with Crippen molar-refractivity contribution in [1.29, 1.82) is 0 Å². The van der Waals surface area contributed by atoms with Crippen LogP contribution >= 0.6 is 0 Å². The molecule has 4 rings (SSSR count). The number of carbonyl (C=O) groups is 3. The van der Waals surface area contributed by atoms with Crippen molar-refractivity contribution in [2.24, 2.45) is 5.92 Å². The van der Waals surface area contributed by atoms with Crippen LogP contribution in [-0.4, -0.2) is 39.3 Å². The maximum atomic E-state index is 13.2. The molecule has 168 valence electrons. The maximum Gasteiger partial charge on any atom is 0.325 e. The predicted octanol–water partition coefficient (Wildman–Crippen LogP) is 4.68. The summed E-state index contributed by atoms with van der Waals surface area (Å²) in [6.45, 7) is 6.69. The van der Waals surface area contributed by atoms with E-state index in [1.165, 1.54) is 31.3 Å². The summed E-state index contributed by atoms with van der Waals surface area (Å²) >= 11 is 0. The summed E-state index contributed by atoms with van der Waals surface area (Å²) in [4.78, 5) is 40.1. The lowest BCUT2D eigenvalue weighted by Crippen LogP contribution is -2.54. The standard InChI is InChI=1S/C25H35N3O3/c1-17-9-7-8-13-25(17)23(30)28(24(31)26-25)16-22(29)21-15-18(2)27(19(21)3)14-12-20-10-5-4-6-11-20/h10,15,17H,4-9,11-14,16H2,1-3H3,(H,26,31)/t17-,25-/m1/s1. The van der Waals surface area contributed by atoms with Gasteiger partial charge in [-0.3, -0.25) is 14.5 Å². The molecule has 2 heterocycles. The molecule has 1 aromatic rings. The first-order valence-corrected chi connectivity index (χ1v) is 11.9. The Morgan fingerprint density at radius 1 is 1.19 bits per heavy atom. The number of hydrogen-bond acceptors (Lipinski definition) is 3. The Balaban J connectivity index is 1.47. The summed E-state index contributed by atoms with van der Waals surface area (Å²) in [5.41, 5.74) is 3.28. The average molecular weight is 426 g/mol. The largest absolute Gasteiger partial charge is 0.348 e. The molecule has 1 aliphatic heterocycles. The lowest BCUT2D eigenvalue weighted by molar-refractivity contribution is -0.133. The lowest BCUT2D eigenvalue weighted by atomic mass is 9.73. The van der Waals surface area contributed by atoms with Gasteiger partial charge in [0.25, 0.3) is 5.91 Å². The molecule has 1 N–H and O–H groups in total. The van der Waals surface area contributed by atoms with E-state index in [4.69, 9.17) is 0 Å². The molecular weight excluding hydrogens is 390 g/mol. The van der Waals surface area contributed by atoms with Gasteiger partial charge in [-0.15, -0.1) is 0 Å². The molecule has 2 atom stereocenters. The summed E-state index contributed by atoms with van der Waals surface area (Å²) in [6.07, 6.45) is 11.9. The van der Waals surface area contributed by atoms with Crippen molar-refractivity contribution in [2.45, 2.75) is 90.6 Å². The summed E-state index contributed by atoms with van der Waals surface area (Å²) in [5.74, 6) is -0.298. The number of carbonyl (C=O) groups excluding carboxylic acids is 3. The second-order valence-electron chi connectivity index (χ2n) is 9.66. The van der Waals surface area contributed by atoms with E-state index in [2.05, 4.69) is 16.0 Å². The SMILES string of the molecule is Cc1cc(C(=O)CN2C(=O)N[C@@]3(CCCC[C@H]3C)C2=O)c(C)n1CCC1=CCCCC1. The van der Waals surface area contributed by atoms with Gasteiger partial charge in [0.05, 0.1) is 6.54 Å². The van der Waals surface area contributed by atoms with Crippen LogP contribution < -0.4 is 5.32 Å². The van der Waals surface area contributed by atoms with E-state index in [-0.39, 0.29) is 24.2 Å². The smallest absolute Gasteiger partial charge is 0.325 e. The number of nitrogens with one attached hydrogen (secondary N) is 1. The summed E-state index contributed by atoms with van der Waals surface area (Å²) < 4.78 is 2.19. The third-order valence-electron chi connectivity index (χ3n) is 7.72. The van der Waals surface area contributed by atoms with Crippen molar-refractivity contribution in [1.82, 2.24) is 14.8 Å². The van der Waals surface area contributed by atoms with Crippen LogP contribution in [0.5, 0.6) is 0 Å². The van der Waals surface area contributed by atoms with Crippen molar-refractivity contribution in [3.8, 4) is 0 Å². The monoisotopic (exact) mass is 425 g/mol. The van der Waals surface area contributed by atoms with Gasteiger partial charge in [-0.05, 0) is 70.8 Å². The number of allylic oxidation sites excluding steroid dienone is 2. The molecule has 1 saturated heterocycles. The molecule has 0 unspecified atom stereocenters. The lowest BCUT2D eigenvalue weighted by Gasteiger charge is -2.36. The summed E-state index contributed by atoms with van der Waals surface area (Å²) in [5, 5.41) is 2.94. The summed E-state index contributed by atoms with van der Waals surface area (Å²) in [6, 6.07) is 1.48. The third kappa shape index (κ3) is 3.97. The molecule has 1 aromatic heterocycles. The van der Waals surface area contributed by atoms with Crippen LogP contribution in [0.15, 0.2) is 17.7 Å². The molecule has 1 spiro atoms. The second-order valence-corrected chi connectivity index (χ2v) is 9.66. The molecule has 3 amide bonds. The Hall–Kier alpha value is -2.37. The quantitative estimate of drug-likeness (QED) is 0.409. The molecule has 0 aromatic carbocycles. The minimum Gasteiger partial charge on any atom is -0.348 e. The van der Waals surface area contributed by atoms with Crippen LogP contribution in [-0.2, 0) is 11.3 Å². The van der Waals surface area contributed by atoms with Gasteiger partial charge >= 0.3 is 6.03 Å². The average Bonchev–Trinajstić information content (AvgIpc) is 3.17. The number of nitrogens with zero attached hydrogens (tertiary/aromatic N) is 2. The minimum absolute atomic E-state index is 0.0944. The van der Waals surface area contributed by atoms with E-state index in [0.29, 0.717) is 12.0 Å². The molecule has 0 radical (unpaired) electrons. The number of Topliss-reactive ketones (excluding diaryl/α,β-unsaturated/α-hetero) is 1. The molecule has 6 heteroatoms. The van der Waals surface area contributed by atoms with Gasteiger partial charge in [-0.1, -0.05) is 31.4 Å². The highest BCUT2D eigenvalue weighted by molar-refractivity contribution is 6.11. The topological polar surface area (TPSA) is 71.4 Å². The van der Waals surface area contributed by atoms with E-state index in [9.17, 15) is 14.4 Å². The fraction of sp³-hybridized carbons (Fsp3) is 0.640. The normalized spacial score (nSPS) is 26.4. The van der Waals surface area contributed by atoms with Gasteiger partial charge in [-0.25, -0.2) is 4.79 Å². The van der Waals surface area contributed by atoms with Gasteiger partial charge in [0, 0.05) is 23.5 Å². The maximum absolute atomic E-state index is 13.2. The van der Waals surface area contributed by atoms with E-state index in [1.807, 2.05) is 26.8 Å². The number of ketones is 1. The third-order valence-corrected chi connectivity index (χ3v) is 7.72. The summed E-state index contributed by atoms with van der Waals surface area (Å²) in [7, 11) is 0. The molecule has 3 aliphatic rings. The van der Waals surface area contributed by atoms with Gasteiger partial charge in [0.1, 0.15) is 5.54 Å². The number of urea groups is 1. The van der Waals surface area contributed by atoms with Gasteiger partial charge in [-0.2, -0.15) is 0 Å². The van der Waals surface area contributed by atoms with Crippen LogP contribution in [0.3, 0.4) is 0 Å². The first kappa shape index (κ1) is 21.8. The molecule has 31 heavy (non-hydrogen) atoms. The molecule has 6 nitrogen and oxygen atoms in total. The van der Waals surface area contributed by atoms with Gasteiger partial charge in [0.15, 0.2) is 5.78 Å². The highest BCUT2D eigenvalue weighted by Crippen LogP contribution is 2.38. The van der Waals surface area contributed by atoms with Crippen LogP contribution in [0.25, 0.3) is 0 Å². The zero-order chi connectivity index (χ0) is 22.2. The number of aromatic nitrogens is 1. The Labute approximate surface area is 185 Å². The van der Waals surface area contributed by atoms with Crippen molar-refractivity contribution in [3.05, 3.63) is 34.7 Å². The van der Waals surface area contributed by atoms with Gasteiger partial charge in [0.2, 0.25) is 0 Å². The zero-order valence-electron chi connectivity index (χ0n) is 19.1. The van der Waals surface area contributed by atoms with Crippen molar-refractivity contribution >= 4 is 17.7 Å². The first-order chi connectivity index (χ1) is 14.8. The van der Waals surface area contributed by atoms with Crippen molar-refractivity contribution in [3.63, 3.8) is 0 Å². The molecular formula is C25H35N3O3. The fourth-order valence-electron chi connectivity index (χ4n) is 5.68. The van der Waals surface area contributed by atoms with Gasteiger partial charge < -0.3 is 9.88 Å². The number of rotatable bonds is 6. The van der Waals surface area contributed by atoms with Crippen molar-refractivity contribution < 1.29 is 14.4 Å². The Morgan fingerprint density at radius 3 is 2.71 bits per heavy atom. The highest BCUT2D eigenvalue weighted by Gasteiger charge is 2.55. The van der Waals surface area contributed by atoms with E-state index in [1.54, 1.807) is 0 Å². The first-order valence-electron chi connectivity index (χ1n) is 11.9. The van der Waals surface area contributed by atoms with Crippen LogP contribution in [0.1, 0.15) is 86.5 Å². The van der Waals surface area contributed by atoms with E-state index < -0.39 is 11.6 Å². The Bertz CT molecular complexity index is 929. The number of hydrogen-bond donors (Lipinski definition) is 1. The fourth-order valence-corrected chi connectivity index (χ4v) is 5.68. The van der Waals surface area contributed by atoms with Crippen LogP contribution in [0.2, 0.25) is 0 Å². The molecule has 1 saturated carbocycles. The molecule has 2 aliphatic carbocycles. The van der Waals surface area contributed by atoms with E-state index >= 15 is 0 Å². The zero-order valence-corrected chi connectivity index (χ0v) is 19.1. The number of amides is 3. The molecule has 2 fully saturated rings. The Morgan fingerprint density at radius 2 is 2.00 bits per heavy atom. The highest BCUT2D eigenvalue weighted by atomic mass is 16.2. The number of imide groups is 1. The minimum atomic E-state index is -0.819. The van der Waals surface area contributed by atoms with Crippen molar-refractivity contribution in [2.75, 3.05) is 6.54 Å². The molecule has 0 bridgehead atoms. The predicted molar refractivity (Wildman–Crippen MR) is 120 cm³/mol. The van der Waals surface area contributed by atoms with E-state index in [0.717, 1.165) is 48.5 Å². The Kier molecular flexibility index (Phi) is 6.09. The number of aryl methyl sites for hydroxylation is 1. The second kappa shape index (κ2) is 8.64. The van der Waals surface area contributed by atoms with Crippen LogP contribution in [0.4, 0.5) is 4.79 Å². The van der Waals surface area contributed by atoms with Crippen LogP contribution in [0, 0.1) is 19.8 Å².